The van der Waals surface area contributed by atoms with Gasteiger partial charge in [-0.3, -0.25) is 4.90 Å². The second-order valence-electron chi connectivity index (χ2n) is 6.92. The molecule has 3 heterocycles. The van der Waals surface area contributed by atoms with Gasteiger partial charge in [0, 0.05) is 44.5 Å². The van der Waals surface area contributed by atoms with Crippen molar-refractivity contribution >= 4 is 16.4 Å². The van der Waals surface area contributed by atoms with Crippen molar-refractivity contribution in [3.63, 3.8) is 0 Å². The highest BCUT2D eigenvalue weighted by molar-refractivity contribution is 5.87. The highest BCUT2D eigenvalue weighted by Crippen LogP contribution is 2.28. The van der Waals surface area contributed by atoms with Gasteiger partial charge in [0.1, 0.15) is 5.65 Å². The molecular formula is C22H22N4. The molecule has 0 aliphatic carbocycles. The topological polar surface area (TPSA) is 32.6 Å². The van der Waals surface area contributed by atoms with Crippen LogP contribution in [0.1, 0.15) is 5.69 Å². The number of nitrogens with zero attached hydrogens (tertiary/aromatic N) is 3. The Kier molecular flexibility index (Phi) is 3.92. The lowest BCUT2D eigenvalue weighted by molar-refractivity contribution is 0.230. The molecule has 1 aliphatic rings. The van der Waals surface area contributed by atoms with Gasteiger partial charge in [-0.2, -0.15) is 0 Å². The van der Waals surface area contributed by atoms with Gasteiger partial charge in [-0.1, -0.05) is 42.5 Å². The van der Waals surface area contributed by atoms with Crippen molar-refractivity contribution in [2.45, 2.75) is 6.54 Å². The third kappa shape index (κ3) is 2.77. The van der Waals surface area contributed by atoms with E-state index < -0.39 is 0 Å². The van der Waals surface area contributed by atoms with E-state index >= 15 is 0 Å². The number of hydrogen-bond donors (Lipinski definition) is 1. The Morgan fingerprint density at radius 2 is 1.69 bits per heavy atom. The van der Waals surface area contributed by atoms with Gasteiger partial charge in [-0.25, -0.2) is 4.98 Å². The standard InChI is InChI=1S/C22H22N4/c1-2-6-18-15-19(9-8-17(18)5-1)22-20(16-25-13-10-23-11-14-25)26-12-4-3-7-21(26)24-22/h1-9,12,15,23H,10-11,13-14,16H2. The van der Waals surface area contributed by atoms with E-state index in [9.17, 15) is 0 Å². The second-order valence-corrected chi connectivity index (χ2v) is 6.92. The number of rotatable bonds is 3. The van der Waals surface area contributed by atoms with Gasteiger partial charge in [-0.05, 0) is 29.0 Å². The lowest BCUT2D eigenvalue weighted by atomic mass is 10.0. The Morgan fingerprint density at radius 3 is 2.58 bits per heavy atom. The Labute approximate surface area is 153 Å². The fourth-order valence-corrected chi connectivity index (χ4v) is 3.85. The summed E-state index contributed by atoms with van der Waals surface area (Å²) in [6, 6.07) is 21.4. The lowest BCUT2D eigenvalue weighted by Crippen LogP contribution is -2.43. The molecule has 4 aromatic rings. The number of aromatic nitrogens is 2. The zero-order valence-corrected chi connectivity index (χ0v) is 14.7. The molecule has 5 rings (SSSR count). The SMILES string of the molecule is c1ccc2cc(-c3nc4ccccn4c3CN3CCNCC3)ccc2c1. The van der Waals surface area contributed by atoms with E-state index in [1.807, 2.05) is 0 Å². The average Bonchev–Trinajstić information content (AvgIpc) is 3.07. The van der Waals surface area contributed by atoms with E-state index in [0.29, 0.717) is 0 Å². The Hall–Kier alpha value is -2.69. The Morgan fingerprint density at radius 1 is 0.885 bits per heavy atom. The molecule has 130 valence electrons. The van der Waals surface area contributed by atoms with Crippen LogP contribution in [-0.2, 0) is 6.54 Å². The molecule has 0 spiro atoms. The van der Waals surface area contributed by atoms with E-state index in [2.05, 4.69) is 81.5 Å². The maximum atomic E-state index is 4.98. The van der Waals surface area contributed by atoms with Crippen LogP contribution in [0.5, 0.6) is 0 Å². The predicted octanol–water partition coefficient (Wildman–Crippen LogP) is 3.56. The van der Waals surface area contributed by atoms with E-state index in [-0.39, 0.29) is 0 Å². The van der Waals surface area contributed by atoms with Crippen LogP contribution in [0.2, 0.25) is 0 Å². The highest BCUT2D eigenvalue weighted by atomic mass is 15.2. The molecule has 0 amide bonds. The molecule has 4 nitrogen and oxygen atoms in total. The molecule has 26 heavy (non-hydrogen) atoms. The van der Waals surface area contributed by atoms with Gasteiger partial charge in [0.25, 0.3) is 0 Å². The first-order chi connectivity index (χ1) is 12.9. The first-order valence-corrected chi connectivity index (χ1v) is 9.27. The quantitative estimate of drug-likeness (QED) is 0.618. The van der Waals surface area contributed by atoms with E-state index in [0.717, 1.165) is 44.1 Å². The molecule has 1 fully saturated rings. The van der Waals surface area contributed by atoms with Crippen molar-refractivity contribution in [2.75, 3.05) is 26.2 Å². The number of benzene rings is 2. The number of imidazole rings is 1. The molecule has 0 saturated carbocycles. The van der Waals surface area contributed by atoms with Crippen LogP contribution in [0.3, 0.4) is 0 Å². The smallest absolute Gasteiger partial charge is 0.137 e. The normalized spacial score (nSPS) is 15.7. The van der Waals surface area contributed by atoms with Crippen LogP contribution in [0.15, 0.2) is 66.9 Å². The Bertz CT molecular complexity index is 1060. The van der Waals surface area contributed by atoms with Crippen LogP contribution in [0.25, 0.3) is 27.7 Å². The summed E-state index contributed by atoms with van der Waals surface area (Å²) in [6.45, 7) is 5.20. The summed E-state index contributed by atoms with van der Waals surface area (Å²) in [5, 5.41) is 5.96. The minimum absolute atomic E-state index is 0.926. The third-order valence-corrected chi connectivity index (χ3v) is 5.23. The first kappa shape index (κ1) is 15.6. The van der Waals surface area contributed by atoms with Crippen molar-refractivity contribution < 1.29 is 0 Å². The fourth-order valence-electron chi connectivity index (χ4n) is 3.85. The minimum Gasteiger partial charge on any atom is -0.314 e. The van der Waals surface area contributed by atoms with Crippen LogP contribution in [-0.4, -0.2) is 40.5 Å². The molecule has 4 heteroatoms. The average molecular weight is 342 g/mol. The number of hydrogen-bond acceptors (Lipinski definition) is 3. The summed E-state index contributed by atoms with van der Waals surface area (Å²) in [6.07, 6.45) is 2.13. The van der Waals surface area contributed by atoms with Crippen molar-refractivity contribution in [2.24, 2.45) is 0 Å². The van der Waals surface area contributed by atoms with E-state index in [1.54, 1.807) is 0 Å². The van der Waals surface area contributed by atoms with E-state index in [4.69, 9.17) is 4.98 Å². The molecule has 0 atom stereocenters. The van der Waals surface area contributed by atoms with Crippen LogP contribution < -0.4 is 5.32 Å². The Balaban J connectivity index is 1.64. The van der Waals surface area contributed by atoms with Gasteiger partial charge >= 0.3 is 0 Å². The molecule has 2 aromatic carbocycles. The van der Waals surface area contributed by atoms with Crippen LogP contribution in [0.4, 0.5) is 0 Å². The summed E-state index contributed by atoms with van der Waals surface area (Å²) < 4.78 is 2.24. The molecule has 0 bridgehead atoms. The van der Waals surface area contributed by atoms with Crippen molar-refractivity contribution in [1.82, 2.24) is 19.6 Å². The molecule has 1 N–H and O–H groups in total. The first-order valence-electron chi connectivity index (χ1n) is 9.27. The molecular weight excluding hydrogens is 320 g/mol. The van der Waals surface area contributed by atoms with Gasteiger partial charge in [0.15, 0.2) is 0 Å². The molecule has 0 radical (unpaired) electrons. The molecule has 2 aromatic heterocycles. The van der Waals surface area contributed by atoms with Gasteiger partial charge in [0.05, 0.1) is 11.4 Å². The monoisotopic (exact) mass is 342 g/mol. The van der Waals surface area contributed by atoms with Crippen LogP contribution in [0, 0.1) is 0 Å². The maximum absolute atomic E-state index is 4.98. The molecule has 1 saturated heterocycles. The molecule has 0 unspecified atom stereocenters. The summed E-state index contributed by atoms with van der Waals surface area (Å²) in [7, 11) is 0. The number of nitrogens with one attached hydrogen (secondary N) is 1. The minimum atomic E-state index is 0.926. The van der Waals surface area contributed by atoms with E-state index in [1.165, 1.54) is 22.0 Å². The summed E-state index contributed by atoms with van der Waals surface area (Å²) in [5.41, 5.74) is 4.58. The highest BCUT2D eigenvalue weighted by Gasteiger charge is 2.18. The summed E-state index contributed by atoms with van der Waals surface area (Å²) in [4.78, 5) is 7.49. The number of fused-ring (bicyclic) bond motifs is 2. The molecule has 1 aliphatic heterocycles. The summed E-state index contributed by atoms with van der Waals surface area (Å²) >= 11 is 0. The van der Waals surface area contributed by atoms with Gasteiger partial charge in [0.2, 0.25) is 0 Å². The fraction of sp³-hybridized carbons (Fsp3) is 0.227. The largest absolute Gasteiger partial charge is 0.314 e. The zero-order chi connectivity index (χ0) is 17.3. The maximum Gasteiger partial charge on any atom is 0.137 e. The second kappa shape index (κ2) is 6.56. The number of pyridine rings is 1. The lowest BCUT2D eigenvalue weighted by Gasteiger charge is -2.27. The predicted molar refractivity (Wildman–Crippen MR) is 106 cm³/mol. The zero-order valence-electron chi connectivity index (χ0n) is 14.7. The van der Waals surface area contributed by atoms with Gasteiger partial charge in [-0.15, -0.1) is 0 Å². The number of piperazine rings is 1. The van der Waals surface area contributed by atoms with Gasteiger partial charge < -0.3 is 9.72 Å². The van der Waals surface area contributed by atoms with Crippen molar-refractivity contribution in [3.8, 4) is 11.3 Å². The van der Waals surface area contributed by atoms with Crippen molar-refractivity contribution in [1.29, 1.82) is 0 Å². The third-order valence-electron chi connectivity index (χ3n) is 5.23. The van der Waals surface area contributed by atoms with Crippen molar-refractivity contribution in [3.05, 3.63) is 72.6 Å². The van der Waals surface area contributed by atoms with Crippen LogP contribution >= 0.6 is 0 Å². The summed E-state index contributed by atoms with van der Waals surface area (Å²) in [5.74, 6) is 0.